The first-order valence-corrected chi connectivity index (χ1v) is 7.33. The van der Waals surface area contributed by atoms with Gasteiger partial charge in [0.2, 0.25) is 12.7 Å². The van der Waals surface area contributed by atoms with Crippen molar-refractivity contribution in [2.24, 2.45) is 0 Å². The molecule has 6 nitrogen and oxygen atoms in total. The third-order valence-corrected chi connectivity index (χ3v) is 3.56. The molecule has 0 fully saturated rings. The maximum Gasteiger partial charge on any atom is 0.269 e. The molecule has 2 aromatic carbocycles. The van der Waals surface area contributed by atoms with Crippen LogP contribution in [0.15, 0.2) is 36.4 Å². The minimum Gasteiger partial charge on any atom is -0.454 e. The Bertz CT molecular complexity index is 795. The molecular formula is C16H12ClFN2O4. The Hall–Kier alpha value is -2.80. The maximum absolute atomic E-state index is 12.8. The number of hydrazine groups is 1. The van der Waals surface area contributed by atoms with Crippen LogP contribution in [0.4, 0.5) is 4.39 Å². The molecule has 2 aromatic rings. The highest BCUT2D eigenvalue weighted by molar-refractivity contribution is 6.32. The van der Waals surface area contributed by atoms with Gasteiger partial charge in [-0.3, -0.25) is 20.4 Å². The lowest BCUT2D eigenvalue weighted by molar-refractivity contribution is -0.121. The Morgan fingerprint density at radius 2 is 1.88 bits per heavy atom. The number of benzene rings is 2. The van der Waals surface area contributed by atoms with Gasteiger partial charge in [-0.2, -0.15) is 0 Å². The first-order valence-electron chi connectivity index (χ1n) is 6.95. The van der Waals surface area contributed by atoms with Crippen LogP contribution in [0.5, 0.6) is 11.5 Å². The number of amides is 2. The minimum absolute atomic E-state index is 0.00244. The van der Waals surface area contributed by atoms with Gasteiger partial charge in [-0.25, -0.2) is 4.39 Å². The van der Waals surface area contributed by atoms with Gasteiger partial charge in [0.05, 0.1) is 11.4 Å². The van der Waals surface area contributed by atoms with Gasteiger partial charge >= 0.3 is 0 Å². The predicted octanol–water partition coefficient (Wildman–Crippen LogP) is 2.21. The number of fused-ring (bicyclic) bond motifs is 1. The van der Waals surface area contributed by atoms with Crippen LogP contribution >= 0.6 is 11.6 Å². The molecular weight excluding hydrogens is 339 g/mol. The lowest BCUT2D eigenvalue weighted by Gasteiger charge is -2.08. The molecule has 0 unspecified atom stereocenters. The largest absolute Gasteiger partial charge is 0.454 e. The molecule has 3 rings (SSSR count). The first kappa shape index (κ1) is 16.1. The molecule has 1 heterocycles. The molecule has 2 amide bonds. The molecule has 1 aliphatic heterocycles. The Kier molecular flexibility index (Phi) is 4.52. The quantitative estimate of drug-likeness (QED) is 0.832. The average Bonchev–Trinajstić information content (AvgIpc) is 3.04. The third kappa shape index (κ3) is 3.57. The van der Waals surface area contributed by atoms with E-state index in [-0.39, 0.29) is 29.6 Å². The Morgan fingerprint density at radius 1 is 1.12 bits per heavy atom. The van der Waals surface area contributed by atoms with Crippen molar-refractivity contribution in [2.75, 3.05) is 6.79 Å². The van der Waals surface area contributed by atoms with E-state index in [9.17, 15) is 14.0 Å². The normalized spacial score (nSPS) is 11.9. The van der Waals surface area contributed by atoms with Crippen LogP contribution in [0.1, 0.15) is 15.9 Å². The monoisotopic (exact) mass is 350 g/mol. The molecule has 0 radical (unpaired) electrons. The molecule has 2 N–H and O–H groups in total. The molecule has 0 aromatic heterocycles. The highest BCUT2D eigenvalue weighted by Gasteiger charge is 2.20. The summed E-state index contributed by atoms with van der Waals surface area (Å²) < 4.78 is 23.1. The van der Waals surface area contributed by atoms with E-state index in [1.807, 2.05) is 0 Å². The van der Waals surface area contributed by atoms with Crippen molar-refractivity contribution in [3.8, 4) is 11.5 Å². The van der Waals surface area contributed by atoms with Gasteiger partial charge in [0.15, 0.2) is 11.5 Å². The van der Waals surface area contributed by atoms with E-state index >= 15 is 0 Å². The van der Waals surface area contributed by atoms with E-state index in [0.29, 0.717) is 17.1 Å². The van der Waals surface area contributed by atoms with Crippen LogP contribution in [0.2, 0.25) is 5.02 Å². The zero-order valence-electron chi connectivity index (χ0n) is 12.3. The van der Waals surface area contributed by atoms with Crippen molar-refractivity contribution in [3.63, 3.8) is 0 Å². The van der Waals surface area contributed by atoms with E-state index in [2.05, 4.69) is 10.9 Å². The number of ether oxygens (including phenoxy) is 2. The Morgan fingerprint density at radius 3 is 2.62 bits per heavy atom. The molecule has 0 bridgehead atoms. The highest BCUT2D eigenvalue weighted by Crippen LogP contribution is 2.39. The summed E-state index contributed by atoms with van der Waals surface area (Å²) in [4.78, 5) is 23.9. The smallest absolute Gasteiger partial charge is 0.269 e. The summed E-state index contributed by atoms with van der Waals surface area (Å²) in [5.74, 6) is -0.629. The summed E-state index contributed by atoms with van der Waals surface area (Å²) in [5, 5.41) is 0.243. The summed E-state index contributed by atoms with van der Waals surface area (Å²) in [5.41, 5.74) is 5.40. The standard InChI is InChI=1S/C16H12ClFN2O4/c17-12-6-10(7-13-15(12)24-8-23-13)16(22)20-19-14(21)5-9-1-3-11(18)4-2-9/h1-4,6-7H,5,8H2,(H,19,21)(H,20,22). The number of halogens is 2. The summed E-state index contributed by atoms with van der Waals surface area (Å²) in [7, 11) is 0. The van der Waals surface area contributed by atoms with Gasteiger partial charge in [-0.05, 0) is 29.8 Å². The topological polar surface area (TPSA) is 76.7 Å². The van der Waals surface area contributed by atoms with Gasteiger partial charge in [-0.1, -0.05) is 23.7 Å². The van der Waals surface area contributed by atoms with Crippen molar-refractivity contribution in [2.45, 2.75) is 6.42 Å². The van der Waals surface area contributed by atoms with E-state index in [1.54, 1.807) is 0 Å². The third-order valence-electron chi connectivity index (χ3n) is 3.28. The van der Waals surface area contributed by atoms with Gasteiger partial charge in [-0.15, -0.1) is 0 Å². The fourth-order valence-electron chi connectivity index (χ4n) is 2.13. The molecule has 8 heteroatoms. The van der Waals surface area contributed by atoms with Crippen molar-refractivity contribution < 1.29 is 23.5 Å². The Balaban J connectivity index is 1.58. The van der Waals surface area contributed by atoms with Gasteiger partial charge in [0.1, 0.15) is 5.82 Å². The van der Waals surface area contributed by atoms with Crippen molar-refractivity contribution in [1.29, 1.82) is 0 Å². The Labute approximate surface area is 141 Å². The predicted molar refractivity (Wildman–Crippen MR) is 83.3 cm³/mol. The van der Waals surface area contributed by atoms with Crippen LogP contribution in [0, 0.1) is 5.82 Å². The maximum atomic E-state index is 12.8. The second-order valence-electron chi connectivity index (χ2n) is 5.00. The molecule has 0 aliphatic carbocycles. The highest BCUT2D eigenvalue weighted by atomic mass is 35.5. The number of rotatable bonds is 3. The van der Waals surface area contributed by atoms with Gasteiger partial charge < -0.3 is 9.47 Å². The zero-order valence-corrected chi connectivity index (χ0v) is 13.0. The number of nitrogens with one attached hydrogen (secondary N) is 2. The second-order valence-corrected chi connectivity index (χ2v) is 5.40. The molecule has 0 saturated heterocycles. The molecule has 1 aliphatic rings. The average molecular weight is 351 g/mol. The SMILES string of the molecule is O=C(Cc1ccc(F)cc1)NNC(=O)c1cc(Cl)c2c(c1)OCO2. The van der Waals surface area contributed by atoms with E-state index < -0.39 is 11.8 Å². The number of carbonyl (C=O) groups excluding carboxylic acids is 2. The number of hydrogen-bond donors (Lipinski definition) is 2. The summed E-state index contributed by atoms with van der Waals surface area (Å²) in [6.45, 7) is 0.0362. The fraction of sp³-hybridized carbons (Fsp3) is 0.125. The van der Waals surface area contributed by atoms with E-state index in [0.717, 1.165) is 0 Å². The lowest BCUT2D eigenvalue weighted by Crippen LogP contribution is -2.42. The first-order chi connectivity index (χ1) is 11.5. The van der Waals surface area contributed by atoms with Crippen molar-refractivity contribution >= 4 is 23.4 Å². The minimum atomic E-state index is -0.553. The summed E-state index contributed by atoms with van der Waals surface area (Å²) in [6, 6.07) is 8.39. The van der Waals surface area contributed by atoms with Gasteiger partial charge in [0.25, 0.3) is 5.91 Å². The van der Waals surface area contributed by atoms with Crippen LogP contribution < -0.4 is 20.3 Å². The number of carbonyl (C=O) groups is 2. The molecule has 0 atom stereocenters. The molecule has 0 spiro atoms. The fourth-order valence-corrected chi connectivity index (χ4v) is 2.39. The second kappa shape index (κ2) is 6.76. The van der Waals surface area contributed by atoms with Crippen LogP contribution in [-0.4, -0.2) is 18.6 Å². The number of hydrogen-bond acceptors (Lipinski definition) is 4. The zero-order chi connectivity index (χ0) is 17.1. The lowest BCUT2D eigenvalue weighted by atomic mass is 10.1. The van der Waals surface area contributed by atoms with Crippen LogP contribution in [0.25, 0.3) is 0 Å². The van der Waals surface area contributed by atoms with Crippen LogP contribution in [0.3, 0.4) is 0 Å². The van der Waals surface area contributed by atoms with Crippen molar-refractivity contribution in [1.82, 2.24) is 10.9 Å². The molecule has 0 saturated carbocycles. The van der Waals surface area contributed by atoms with Gasteiger partial charge in [0, 0.05) is 5.56 Å². The van der Waals surface area contributed by atoms with Crippen LogP contribution in [-0.2, 0) is 11.2 Å². The molecule has 24 heavy (non-hydrogen) atoms. The summed E-state index contributed by atoms with van der Waals surface area (Å²) in [6.07, 6.45) is 0.00244. The van der Waals surface area contributed by atoms with E-state index in [1.165, 1.54) is 36.4 Å². The molecule has 124 valence electrons. The van der Waals surface area contributed by atoms with Crippen molar-refractivity contribution in [3.05, 3.63) is 58.4 Å². The summed E-state index contributed by atoms with van der Waals surface area (Å²) >= 11 is 6.00. The van der Waals surface area contributed by atoms with E-state index in [4.69, 9.17) is 21.1 Å².